The van der Waals surface area contributed by atoms with E-state index in [1.807, 2.05) is 13.0 Å². The maximum atomic E-state index is 11.4. The zero-order valence-corrected chi connectivity index (χ0v) is 12.3. The smallest absolute Gasteiger partial charge is 0.337 e. The van der Waals surface area contributed by atoms with E-state index in [4.69, 9.17) is 4.74 Å². The molecule has 0 aliphatic heterocycles. The molecule has 3 rings (SSSR count). The lowest BCUT2D eigenvalue weighted by Gasteiger charge is -2.06. The van der Waals surface area contributed by atoms with Crippen molar-refractivity contribution in [3.63, 3.8) is 0 Å². The Labute approximate surface area is 125 Å². The molecule has 2 aromatic heterocycles. The molecule has 0 aliphatic rings. The van der Waals surface area contributed by atoms with Gasteiger partial charge in [-0.05, 0) is 37.3 Å². The summed E-state index contributed by atoms with van der Waals surface area (Å²) in [5.41, 5.74) is 0.476. The number of hydrogen-bond donors (Lipinski definition) is 0. The summed E-state index contributed by atoms with van der Waals surface area (Å²) >= 11 is 1.59. The highest BCUT2D eigenvalue weighted by Crippen LogP contribution is 2.31. The summed E-state index contributed by atoms with van der Waals surface area (Å²) in [7, 11) is 1.35. The first-order chi connectivity index (χ1) is 10.2. The predicted molar refractivity (Wildman–Crippen MR) is 80.0 cm³/mol. The van der Waals surface area contributed by atoms with Gasteiger partial charge >= 0.3 is 5.97 Å². The molecule has 0 aliphatic carbocycles. The van der Waals surface area contributed by atoms with Crippen molar-refractivity contribution in [2.24, 2.45) is 0 Å². The largest absolute Gasteiger partial charge is 0.465 e. The Morgan fingerprint density at radius 3 is 2.67 bits per heavy atom. The minimum absolute atomic E-state index is 0.376. The number of thiophene rings is 1. The van der Waals surface area contributed by atoms with Crippen LogP contribution in [0.1, 0.15) is 15.2 Å². The lowest BCUT2D eigenvalue weighted by molar-refractivity contribution is 0.0600. The fraction of sp³-hybridized carbons (Fsp3) is 0.133. The first-order valence-corrected chi connectivity index (χ1v) is 7.06. The van der Waals surface area contributed by atoms with Crippen molar-refractivity contribution in [1.29, 1.82) is 0 Å². The van der Waals surface area contributed by atoms with E-state index >= 15 is 0 Å². The van der Waals surface area contributed by atoms with Crippen LogP contribution in [0, 0.1) is 6.92 Å². The molecule has 0 fully saturated rings. The van der Waals surface area contributed by atoms with E-state index in [-0.39, 0.29) is 5.97 Å². The van der Waals surface area contributed by atoms with Crippen molar-refractivity contribution in [3.05, 3.63) is 47.1 Å². The lowest BCUT2D eigenvalue weighted by atomic mass is 10.2. The first-order valence-electron chi connectivity index (χ1n) is 6.25. The Morgan fingerprint density at radius 2 is 1.95 bits per heavy atom. The summed E-state index contributed by atoms with van der Waals surface area (Å²) in [6.45, 7) is 2.02. The third-order valence-corrected chi connectivity index (χ3v) is 3.86. The molecule has 0 saturated heterocycles. The van der Waals surface area contributed by atoms with Gasteiger partial charge in [-0.25, -0.2) is 14.8 Å². The summed E-state index contributed by atoms with van der Waals surface area (Å²) < 4.78 is 10.4. The Morgan fingerprint density at radius 1 is 1.19 bits per heavy atom. The Hall–Kier alpha value is -2.47. The van der Waals surface area contributed by atoms with Crippen LogP contribution < -0.4 is 4.74 Å². The predicted octanol–water partition coefficient (Wildman–Crippen LogP) is 3.58. The molecule has 5 nitrogen and oxygen atoms in total. The quantitative estimate of drug-likeness (QED) is 0.692. The van der Waals surface area contributed by atoms with Crippen molar-refractivity contribution in [3.8, 4) is 11.6 Å². The van der Waals surface area contributed by atoms with Crippen LogP contribution in [-0.4, -0.2) is 23.0 Å². The first kappa shape index (κ1) is 13.5. The van der Waals surface area contributed by atoms with Crippen molar-refractivity contribution in [1.82, 2.24) is 9.97 Å². The molecule has 0 amide bonds. The van der Waals surface area contributed by atoms with Gasteiger partial charge in [0.05, 0.1) is 18.1 Å². The second-order valence-corrected chi connectivity index (χ2v) is 5.61. The topological polar surface area (TPSA) is 61.3 Å². The van der Waals surface area contributed by atoms with E-state index in [9.17, 15) is 4.79 Å². The lowest BCUT2D eigenvalue weighted by Crippen LogP contribution is -2.00. The average Bonchev–Trinajstić information content (AvgIpc) is 2.88. The number of esters is 1. The number of rotatable bonds is 3. The van der Waals surface area contributed by atoms with Gasteiger partial charge in [0.2, 0.25) is 5.88 Å². The molecule has 0 spiro atoms. The van der Waals surface area contributed by atoms with Crippen LogP contribution in [0.25, 0.3) is 10.2 Å². The highest BCUT2D eigenvalue weighted by Gasteiger charge is 2.10. The normalized spacial score (nSPS) is 10.6. The van der Waals surface area contributed by atoms with Gasteiger partial charge < -0.3 is 9.47 Å². The van der Waals surface area contributed by atoms with Gasteiger partial charge in [0.15, 0.2) is 0 Å². The van der Waals surface area contributed by atoms with Gasteiger partial charge in [-0.2, -0.15) is 0 Å². The molecule has 1 aromatic carbocycles. The summed E-state index contributed by atoms with van der Waals surface area (Å²) in [5, 5.41) is 0.886. The van der Waals surface area contributed by atoms with Crippen molar-refractivity contribution < 1.29 is 14.3 Å². The van der Waals surface area contributed by atoms with Crippen molar-refractivity contribution in [2.45, 2.75) is 6.92 Å². The summed E-state index contributed by atoms with van der Waals surface area (Å²) in [5.74, 6) is 0.737. The molecule has 21 heavy (non-hydrogen) atoms. The highest BCUT2D eigenvalue weighted by atomic mass is 32.1. The number of benzene rings is 1. The zero-order valence-electron chi connectivity index (χ0n) is 11.5. The van der Waals surface area contributed by atoms with Crippen molar-refractivity contribution in [2.75, 3.05) is 7.11 Å². The van der Waals surface area contributed by atoms with Gasteiger partial charge in [-0.1, -0.05) is 0 Å². The van der Waals surface area contributed by atoms with Crippen LogP contribution >= 0.6 is 11.3 Å². The van der Waals surface area contributed by atoms with Crippen LogP contribution in [0.2, 0.25) is 0 Å². The SMILES string of the molecule is COC(=O)c1ccc(Oc2ncnc3sc(C)cc23)cc1. The summed E-state index contributed by atoms with van der Waals surface area (Å²) in [6, 6.07) is 8.72. The number of carbonyl (C=O) groups is 1. The maximum Gasteiger partial charge on any atom is 0.337 e. The van der Waals surface area contributed by atoms with E-state index in [1.54, 1.807) is 35.6 Å². The summed E-state index contributed by atoms with van der Waals surface area (Å²) in [6.07, 6.45) is 1.48. The number of fused-ring (bicyclic) bond motifs is 1. The van der Waals surface area contributed by atoms with Crippen LogP contribution in [0.15, 0.2) is 36.7 Å². The second kappa shape index (κ2) is 5.49. The van der Waals surface area contributed by atoms with E-state index in [0.717, 1.165) is 15.1 Å². The van der Waals surface area contributed by atoms with Gasteiger partial charge in [-0.3, -0.25) is 0 Å². The van der Waals surface area contributed by atoms with Crippen LogP contribution in [-0.2, 0) is 4.74 Å². The monoisotopic (exact) mass is 300 g/mol. The molecule has 0 saturated carbocycles. The second-order valence-electron chi connectivity index (χ2n) is 4.37. The molecular weight excluding hydrogens is 288 g/mol. The number of methoxy groups -OCH3 is 1. The molecule has 6 heteroatoms. The summed E-state index contributed by atoms with van der Waals surface area (Å²) in [4.78, 5) is 21.8. The minimum Gasteiger partial charge on any atom is -0.465 e. The number of nitrogens with zero attached hydrogens (tertiary/aromatic N) is 2. The zero-order chi connectivity index (χ0) is 14.8. The van der Waals surface area contributed by atoms with Gasteiger partial charge in [0.1, 0.15) is 16.9 Å². The standard InChI is InChI=1S/C15H12N2O3S/c1-9-7-12-13(16-8-17-14(12)21-9)20-11-5-3-10(4-6-11)15(18)19-2/h3-8H,1-2H3. The maximum absolute atomic E-state index is 11.4. The molecule has 2 heterocycles. The molecule has 0 N–H and O–H groups in total. The Kier molecular flexibility index (Phi) is 3.53. The molecule has 0 radical (unpaired) electrons. The van der Waals surface area contributed by atoms with Crippen LogP contribution in [0.4, 0.5) is 0 Å². The van der Waals surface area contributed by atoms with Gasteiger partial charge in [0, 0.05) is 4.88 Å². The number of carbonyl (C=O) groups excluding carboxylic acids is 1. The Bertz CT molecular complexity index is 796. The van der Waals surface area contributed by atoms with E-state index in [0.29, 0.717) is 17.2 Å². The molecule has 0 atom stereocenters. The van der Waals surface area contributed by atoms with E-state index in [2.05, 4.69) is 14.7 Å². The van der Waals surface area contributed by atoms with Crippen molar-refractivity contribution >= 4 is 27.5 Å². The van der Waals surface area contributed by atoms with Gasteiger partial charge in [0.25, 0.3) is 0 Å². The molecular formula is C15H12N2O3S. The highest BCUT2D eigenvalue weighted by molar-refractivity contribution is 7.18. The molecule has 0 bridgehead atoms. The van der Waals surface area contributed by atoms with Crippen LogP contribution in [0.3, 0.4) is 0 Å². The minimum atomic E-state index is -0.376. The molecule has 0 unspecified atom stereocenters. The van der Waals surface area contributed by atoms with E-state index < -0.39 is 0 Å². The third-order valence-electron chi connectivity index (χ3n) is 2.91. The fourth-order valence-corrected chi connectivity index (χ4v) is 2.76. The molecule has 106 valence electrons. The third kappa shape index (κ3) is 2.71. The van der Waals surface area contributed by atoms with Crippen LogP contribution in [0.5, 0.6) is 11.6 Å². The molecule has 3 aromatic rings. The number of aromatic nitrogens is 2. The van der Waals surface area contributed by atoms with Gasteiger partial charge in [-0.15, -0.1) is 11.3 Å². The Balaban J connectivity index is 1.90. The number of aryl methyl sites for hydroxylation is 1. The average molecular weight is 300 g/mol. The fourth-order valence-electron chi connectivity index (χ4n) is 1.92. The number of ether oxygens (including phenoxy) is 2. The number of hydrogen-bond acceptors (Lipinski definition) is 6. The van der Waals surface area contributed by atoms with E-state index in [1.165, 1.54) is 13.4 Å².